The zero-order valence-corrected chi connectivity index (χ0v) is 10.5. The zero-order valence-electron chi connectivity index (χ0n) is 10.5. The van der Waals surface area contributed by atoms with E-state index in [0.29, 0.717) is 12.2 Å². The van der Waals surface area contributed by atoms with Crippen molar-refractivity contribution in [3.05, 3.63) is 23.8 Å². The summed E-state index contributed by atoms with van der Waals surface area (Å²) in [7, 11) is 0. The Labute approximate surface area is 99.6 Å². The van der Waals surface area contributed by atoms with E-state index in [2.05, 4.69) is 25.2 Å². The van der Waals surface area contributed by atoms with Gasteiger partial charge in [-0.15, -0.1) is 0 Å². The van der Waals surface area contributed by atoms with Crippen molar-refractivity contribution in [1.29, 1.82) is 0 Å². The van der Waals surface area contributed by atoms with Crippen molar-refractivity contribution in [3.8, 4) is 0 Å². The third kappa shape index (κ3) is 6.60. The fourth-order valence-corrected chi connectivity index (χ4v) is 2.06. The summed E-state index contributed by atoms with van der Waals surface area (Å²) in [5, 5.41) is 0. The van der Waals surface area contributed by atoms with Gasteiger partial charge in [-0.25, -0.2) is 0 Å². The van der Waals surface area contributed by atoms with Gasteiger partial charge in [0, 0.05) is 12.8 Å². The van der Waals surface area contributed by atoms with Crippen molar-refractivity contribution in [2.45, 2.75) is 64.7 Å². The molecule has 0 bridgehead atoms. The van der Waals surface area contributed by atoms with E-state index in [4.69, 9.17) is 0 Å². The van der Waals surface area contributed by atoms with Crippen molar-refractivity contribution < 1.29 is 4.79 Å². The molecular formula is C15H24O. The van der Waals surface area contributed by atoms with E-state index in [1.54, 1.807) is 0 Å². The van der Waals surface area contributed by atoms with Gasteiger partial charge in [-0.3, -0.25) is 4.79 Å². The minimum Gasteiger partial charge on any atom is -0.299 e. The number of hydrogen-bond acceptors (Lipinski definition) is 1. The van der Waals surface area contributed by atoms with E-state index in [1.807, 2.05) is 0 Å². The van der Waals surface area contributed by atoms with Gasteiger partial charge in [0.2, 0.25) is 0 Å². The summed E-state index contributed by atoms with van der Waals surface area (Å²) >= 11 is 0. The van der Waals surface area contributed by atoms with Crippen LogP contribution in [0.1, 0.15) is 64.7 Å². The minimum atomic E-state index is 0.402. The van der Waals surface area contributed by atoms with Crippen LogP contribution >= 0.6 is 0 Å². The highest BCUT2D eigenvalue weighted by Crippen LogP contribution is 2.12. The standard InChI is InChI=1S/C15H24O/c1-14-11-9-7-5-3-2-4-6-8-10-12-15(16)13-14/h4,6,11H,2-3,5,7-10,12-13H2,1H3/b6-4-,14-11-. The number of hydrogen-bond donors (Lipinski definition) is 0. The number of Topliss-reactive ketones (excluding diaryl/α,β-unsaturated/α-hetero) is 1. The van der Waals surface area contributed by atoms with E-state index in [-0.39, 0.29) is 0 Å². The molecule has 0 aromatic carbocycles. The molecule has 16 heavy (non-hydrogen) atoms. The smallest absolute Gasteiger partial charge is 0.136 e. The van der Waals surface area contributed by atoms with Gasteiger partial charge in [-0.05, 0) is 45.4 Å². The Kier molecular flexibility index (Phi) is 6.87. The molecule has 0 heterocycles. The molecule has 0 amide bonds. The summed E-state index contributed by atoms with van der Waals surface area (Å²) in [6.07, 6.45) is 16.5. The lowest BCUT2D eigenvalue weighted by molar-refractivity contribution is -0.118. The van der Waals surface area contributed by atoms with Crippen LogP contribution < -0.4 is 0 Å². The van der Waals surface area contributed by atoms with Gasteiger partial charge in [0.1, 0.15) is 5.78 Å². The second kappa shape index (κ2) is 8.32. The molecule has 1 rings (SSSR count). The largest absolute Gasteiger partial charge is 0.299 e. The van der Waals surface area contributed by atoms with Crippen molar-refractivity contribution in [2.75, 3.05) is 0 Å². The SMILES string of the molecule is C/C1=C/CCCCC/C=C\CCCC(=O)C1. The van der Waals surface area contributed by atoms with Gasteiger partial charge in [0.15, 0.2) is 0 Å². The molecule has 1 aliphatic rings. The summed E-state index contributed by atoms with van der Waals surface area (Å²) in [6.45, 7) is 2.09. The van der Waals surface area contributed by atoms with Crippen LogP contribution in [0.25, 0.3) is 0 Å². The first-order chi connectivity index (χ1) is 7.79. The summed E-state index contributed by atoms with van der Waals surface area (Å²) < 4.78 is 0. The topological polar surface area (TPSA) is 17.1 Å². The minimum absolute atomic E-state index is 0.402. The first-order valence-corrected chi connectivity index (χ1v) is 6.61. The first kappa shape index (κ1) is 13.2. The summed E-state index contributed by atoms with van der Waals surface area (Å²) in [5.74, 6) is 0.402. The van der Waals surface area contributed by atoms with Crippen LogP contribution in [0.4, 0.5) is 0 Å². The fraction of sp³-hybridized carbons (Fsp3) is 0.667. The Bertz CT molecular complexity index is 261. The maximum Gasteiger partial charge on any atom is 0.136 e. The highest BCUT2D eigenvalue weighted by molar-refractivity contribution is 5.80. The zero-order chi connectivity index (χ0) is 11.6. The van der Waals surface area contributed by atoms with Crippen molar-refractivity contribution in [1.82, 2.24) is 0 Å². The highest BCUT2D eigenvalue weighted by Gasteiger charge is 2.02. The molecule has 0 radical (unpaired) electrons. The predicted molar refractivity (Wildman–Crippen MR) is 69.5 cm³/mol. The van der Waals surface area contributed by atoms with Gasteiger partial charge in [0.25, 0.3) is 0 Å². The quantitative estimate of drug-likeness (QED) is 0.546. The third-order valence-electron chi connectivity index (χ3n) is 3.04. The van der Waals surface area contributed by atoms with Gasteiger partial charge < -0.3 is 0 Å². The van der Waals surface area contributed by atoms with Crippen LogP contribution in [0.5, 0.6) is 0 Å². The molecule has 0 saturated carbocycles. The molecule has 0 saturated heterocycles. The average Bonchev–Trinajstić information content (AvgIpc) is 2.25. The van der Waals surface area contributed by atoms with E-state index >= 15 is 0 Å². The lowest BCUT2D eigenvalue weighted by Gasteiger charge is -2.02. The molecule has 0 unspecified atom stereocenters. The Hall–Kier alpha value is -0.850. The molecule has 0 fully saturated rings. The maximum atomic E-state index is 11.6. The van der Waals surface area contributed by atoms with Gasteiger partial charge >= 0.3 is 0 Å². The van der Waals surface area contributed by atoms with Crippen LogP contribution in [0, 0.1) is 0 Å². The summed E-state index contributed by atoms with van der Waals surface area (Å²) in [5.41, 5.74) is 1.26. The summed E-state index contributed by atoms with van der Waals surface area (Å²) in [6, 6.07) is 0. The predicted octanol–water partition coefficient (Wildman–Crippen LogP) is 4.58. The van der Waals surface area contributed by atoms with Gasteiger partial charge in [0.05, 0.1) is 0 Å². The monoisotopic (exact) mass is 220 g/mol. The van der Waals surface area contributed by atoms with Crippen LogP contribution in [0.3, 0.4) is 0 Å². The molecule has 90 valence electrons. The molecule has 1 heteroatoms. The van der Waals surface area contributed by atoms with Crippen LogP contribution in [-0.2, 0) is 4.79 Å². The molecule has 0 aromatic rings. The third-order valence-corrected chi connectivity index (χ3v) is 3.04. The Morgan fingerprint density at radius 2 is 1.62 bits per heavy atom. The average molecular weight is 220 g/mol. The highest BCUT2D eigenvalue weighted by atomic mass is 16.1. The number of rotatable bonds is 0. The van der Waals surface area contributed by atoms with Crippen molar-refractivity contribution in [2.24, 2.45) is 0 Å². The van der Waals surface area contributed by atoms with Crippen LogP contribution in [0.15, 0.2) is 23.8 Å². The molecule has 0 aliphatic heterocycles. The number of carbonyl (C=O) groups excluding carboxylic acids is 1. The van der Waals surface area contributed by atoms with E-state index in [0.717, 1.165) is 25.7 Å². The lowest BCUT2D eigenvalue weighted by Crippen LogP contribution is -1.98. The lowest BCUT2D eigenvalue weighted by atomic mass is 10.0. The van der Waals surface area contributed by atoms with E-state index < -0.39 is 0 Å². The molecule has 0 atom stereocenters. The van der Waals surface area contributed by atoms with Crippen LogP contribution in [-0.4, -0.2) is 5.78 Å². The first-order valence-electron chi connectivity index (χ1n) is 6.61. The second-order valence-electron chi connectivity index (χ2n) is 4.77. The molecule has 0 N–H and O–H groups in total. The van der Waals surface area contributed by atoms with E-state index in [1.165, 1.54) is 31.3 Å². The van der Waals surface area contributed by atoms with Crippen molar-refractivity contribution in [3.63, 3.8) is 0 Å². The number of allylic oxidation sites excluding steroid dienone is 4. The van der Waals surface area contributed by atoms with Gasteiger partial charge in [-0.1, -0.05) is 30.2 Å². The van der Waals surface area contributed by atoms with E-state index in [9.17, 15) is 4.79 Å². The van der Waals surface area contributed by atoms with Crippen molar-refractivity contribution >= 4 is 5.78 Å². The Morgan fingerprint density at radius 3 is 2.44 bits per heavy atom. The maximum absolute atomic E-state index is 11.6. The fourth-order valence-electron chi connectivity index (χ4n) is 2.06. The molecule has 0 spiro atoms. The normalized spacial score (nSPS) is 26.6. The second-order valence-corrected chi connectivity index (χ2v) is 4.77. The Balaban J connectivity index is 2.40. The number of ketones is 1. The molecule has 0 aromatic heterocycles. The Morgan fingerprint density at radius 1 is 0.938 bits per heavy atom. The summed E-state index contributed by atoms with van der Waals surface area (Å²) in [4.78, 5) is 11.6. The molecule has 1 nitrogen and oxygen atoms in total. The molecular weight excluding hydrogens is 196 g/mol. The van der Waals surface area contributed by atoms with Crippen LogP contribution in [0.2, 0.25) is 0 Å². The number of carbonyl (C=O) groups is 1. The molecule has 1 aliphatic carbocycles. The van der Waals surface area contributed by atoms with Gasteiger partial charge in [-0.2, -0.15) is 0 Å².